The van der Waals surface area contributed by atoms with E-state index in [0.29, 0.717) is 12.6 Å². The van der Waals surface area contributed by atoms with E-state index in [9.17, 15) is 14.0 Å². The number of anilines is 1. The van der Waals surface area contributed by atoms with Crippen molar-refractivity contribution in [2.24, 2.45) is 5.92 Å². The van der Waals surface area contributed by atoms with Crippen LogP contribution in [0.5, 0.6) is 0 Å². The molecule has 0 radical (unpaired) electrons. The molecule has 1 N–H and O–H groups in total. The Balaban J connectivity index is 1.76. The fourth-order valence-corrected chi connectivity index (χ4v) is 2.52. The van der Waals surface area contributed by atoms with Gasteiger partial charge in [-0.3, -0.25) is 9.59 Å². The van der Waals surface area contributed by atoms with Crippen molar-refractivity contribution >= 4 is 17.4 Å². The zero-order valence-electron chi connectivity index (χ0n) is 11.4. The van der Waals surface area contributed by atoms with E-state index in [0.717, 1.165) is 6.54 Å². The van der Waals surface area contributed by atoms with Gasteiger partial charge in [-0.05, 0) is 37.4 Å². The van der Waals surface area contributed by atoms with Gasteiger partial charge in [0.25, 0.3) is 11.7 Å². The summed E-state index contributed by atoms with van der Waals surface area (Å²) >= 11 is 0. The number of para-hydroxylation sites is 1. The maximum absolute atomic E-state index is 13.9. The van der Waals surface area contributed by atoms with E-state index in [1.54, 1.807) is 0 Å². The van der Waals surface area contributed by atoms with E-state index in [2.05, 4.69) is 5.32 Å². The van der Waals surface area contributed by atoms with Crippen LogP contribution in [0.15, 0.2) is 18.2 Å². The molecule has 1 fully saturated rings. The van der Waals surface area contributed by atoms with Crippen LogP contribution in [0, 0.1) is 11.7 Å². The van der Waals surface area contributed by atoms with Gasteiger partial charge in [-0.15, -0.1) is 0 Å². The molecule has 1 aliphatic carbocycles. The molecule has 1 aromatic carbocycles. The third-order valence-electron chi connectivity index (χ3n) is 3.77. The number of nitrogens with one attached hydrogen (secondary N) is 1. The molecular weight excluding hydrogens is 259 g/mol. The second-order valence-electron chi connectivity index (χ2n) is 5.67. The number of benzene rings is 1. The molecule has 0 aromatic heterocycles. The van der Waals surface area contributed by atoms with Crippen LogP contribution in [0.25, 0.3) is 0 Å². The highest BCUT2D eigenvalue weighted by Gasteiger charge is 2.38. The quantitative estimate of drug-likeness (QED) is 0.833. The molecule has 0 saturated heterocycles. The van der Waals surface area contributed by atoms with Crippen LogP contribution < -0.4 is 10.2 Å². The van der Waals surface area contributed by atoms with Gasteiger partial charge in [0.2, 0.25) is 0 Å². The Hall–Kier alpha value is -1.75. The van der Waals surface area contributed by atoms with Crippen LogP contribution in [-0.4, -0.2) is 30.8 Å². The molecule has 1 unspecified atom stereocenters. The Kier molecular flexibility index (Phi) is 3.30. The third-order valence-corrected chi connectivity index (χ3v) is 3.77. The Morgan fingerprint density at radius 1 is 1.40 bits per heavy atom. The van der Waals surface area contributed by atoms with E-state index < -0.39 is 17.5 Å². The summed E-state index contributed by atoms with van der Waals surface area (Å²) in [6, 6.07) is 4.84. The fourth-order valence-electron chi connectivity index (χ4n) is 2.52. The smallest absolute Gasteiger partial charge is 0.299 e. The first-order chi connectivity index (χ1) is 9.58. The van der Waals surface area contributed by atoms with Crippen LogP contribution in [0.4, 0.5) is 10.1 Å². The minimum absolute atomic E-state index is 0.140. The van der Waals surface area contributed by atoms with Crippen LogP contribution in [0.2, 0.25) is 0 Å². The topological polar surface area (TPSA) is 49.4 Å². The highest BCUT2D eigenvalue weighted by Crippen LogP contribution is 2.32. The van der Waals surface area contributed by atoms with Crippen molar-refractivity contribution in [1.82, 2.24) is 5.32 Å². The standard InChI is InChI=1S/C15H17FN2O2/c1-9(7-17-10-5-6-10)8-18-13-11(14(19)15(18)20)3-2-4-12(13)16/h2-4,9-10,17H,5-8H2,1H3. The predicted octanol–water partition coefficient (Wildman–Crippen LogP) is 1.74. The van der Waals surface area contributed by atoms with Crippen LogP contribution in [0.3, 0.4) is 0 Å². The summed E-state index contributed by atoms with van der Waals surface area (Å²) in [6.07, 6.45) is 2.40. The molecule has 1 aliphatic heterocycles. The van der Waals surface area contributed by atoms with E-state index >= 15 is 0 Å². The van der Waals surface area contributed by atoms with Crippen molar-refractivity contribution in [3.8, 4) is 0 Å². The normalized spacial score (nSPS) is 19.4. The second-order valence-corrected chi connectivity index (χ2v) is 5.67. The van der Waals surface area contributed by atoms with Crippen molar-refractivity contribution in [3.05, 3.63) is 29.6 Å². The first-order valence-electron chi connectivity index (χ1n) is 6.96. The zero-order chi connectivity index (χ0) is 14.3. The molecule has 106 valence electrons. The highest BCUT2D eigenvalue weighted by atomic mass is 19.1. The Morgan fingerprint density at radius 3 is 2.85 bits per heavy atom. The van der Waals surface area contributed by atoms with Gasteiger partial charge in [0.15, 0.2) is 0 Å². The Labute approximate surface area is 117 Å². The Morgan fingerprint density at radius 2 is 2.15 bits per heavy atom. The predicted molar refractivity (Wildman–Crippen MR) is 73.3 cm³/mol. The number of hydrogen-bond donors (Lipinski definition) is 1. The molecular formula is C15H17FN2O2. The lowest BCUT2D eigenvalue weighted by Crippen LogP contribution is -2.37. The number of fused-ring (bicyclic) bond motifs is 1. The van der Waals surface area contributed by atoms with E-state index in [4.69, 9.17) is 0 Å². The van der Waals surface area contributed by atoms with E-state index in [1.807, 2.05) is 6.92 Å². The average molecular weight is 276 g/mol. The van der Waals surface area contributed by atoms with Crippen LogP contribution in [-0.2, 0) is 4.79 Å². The van der Waals surface area contributed by atoms with Crippen LogP contribution in [0.1, 0.15) is 30.1 Å². The maximum atomic E-state index is 13.9. The first kappa shape index (κ1) is 13.2. The number of carbonyl (C=O) groups is 2. The fraction of sp³-hybridized carbons (Fsp3) is 0.467. The van der Waals surface area contributed by atoms with Gasteiger partial charge in [0, 0.05) is 12.6 Å². The van der Waals surface area contributed by atoms with Gasteiger partial charge >= 0.3 is 0 Å². The molecule has 1 aromatic rings. The summed E-state index contributed by atoms with van der Waals surface area (Å²) in [7, 11) is 0. The van der Waals surface area contributed by atoms with Crippen molar-refractivity contribution < 1.29 is 14.0 Å². The molecule has 0 spiro atoms. The Bertz CT molecular complexity index is 569. The monoisotopic (exact) mass is 276 g/mol. The number of nitrogens with zero attached hydrogens (tertiary/aromatic N) is 1. The minimum Gasteiger partial charge on any atom is -0.314 e. The number of Topliss-reactive ketones (excluding diaryl/α,β-unsaturated/α-hetero) is 1. The average Bonchev–Trinajstić information content (AvgIpc) is 3.22. The van der Waals surface area contributed by atoms with Gasteiger partial charge in [-0.1, -0.05) is 13.0 Å². The van der Waals surface area contributed by atoms with E-state index in [1.165, 1.54) is 35.9 Å². The number of carbonyl (C=O) groups excluding carboxylic acids is 2. The van der Waals surface area contributed by atoms with Gasteiger partial charge in [-0.2, -0.15) is 0 Å². The third kappa shape index (κ3) is 2.33. The molecule has 1 atom stereocenters. The van der Waals surface area contributed by atoms with Gasteiger partial charge in [-0.25, -0.2) is 4.39 Å². The van der Waals surface area contributed by atoms with Crippen molar-refractivity contribution in [1.29, 1.82) is 0 Å². The minimum atomic E-state index is -0.622. The molecule has 1 amide bonds. The lowest BCUT2D eigenvalue weighted by Gasteiger charge is -2.21. The highest BCUT2D eigenvalue weighted by molar-refractivity contribution is 6.52. The molecule has 20 heavy (non-hydrogen) atoms. The molecule has 1 heterocycles. The van der Waals surface area contributed by atoms with Crippen molar-refractivity contribution in [2.45, 2.75) is 25.8 Å². The van der Waals surface area contributed by atoms with Gasteiger partial charge < -0.3 is 10.2 Å². The molecule has 4 nitrogen and oxygen atoms in total. The lowest BCUT2D eigenvalue weighted by molar-refractivity contribution is -0.114. The summed E-state index contributed by atoms with van der Waals surface area (Å²) in [5.41, 5.74) is 0.318. The summed E-state index contributed by atoms with van der Waals surface area (Å²) in [4.78, 5) is 25.1. The molecule has 2 aliphatic rings. The molecule has 0 bridgehead atoms. The molecule has 1 saturated carbocycles. The number of ketones is 1. The molecule has 3 rings (SSSR count). The number of amides is 1. The summed E-state index contributed by atoms with van der Waals surface area (Å²) in [5, 5.41) is 3.38. The number of hydrogen-bond acceptors (Lipinski definition) is 3. The van der Waals surface area contributed by atoms with Gasteiger partial charge in [0.1, 0.15) is 5.82 Å². The van der Waals surface area contributed by atoms with Crippen molar-refractivity contribution in [2.75, 3.05) is 18.0 Å². The van der Waals surface area contributed by atoms with Crippen LogP contribution >= 0.6 is 0 Å². The summed E-state index contributed by atoms with van der Waals surface area (Å²) in [5.74, 6) is -1.58. The number of halogens is 1. The van der Waals surface area contributed by atoms with Gasteiger partial charge in [0.05, 0.1) is 11.3 Å². The summed E-state index contributed by atoms with van der Waals surface area (Å²) in [6.45, 7) is 3.12. The lowest BCUT2D eigenvalue weighted by atomic mass is 10.1. The SMILES string of the molecule is CC(CNC1CC1)CN1C(=O)C(=O)c2cccc(F)c21. The first-order valence-corrected chi connectivity index (χ1v) is 6.96. The second kappa shape index (κ2) is 4.98. The summed E-state index contributed by atoms with van der Waals surface area (Å²) < 4.78 is 13.9. The maximum Gasteiger partial charge on any atom is 0.299 e. The number of rotatable bonds is 5. The largest absolute Gasteiger partial charge is 0.314 e. The van der Waals surface area contributed by atoms with E-state index in [-0.39, 0.29) is 17.2 Å². The van der Waals surface area contributed by atoms with Crippen molar-refractivity contribution in [3.63, 3.8) is 0 Å². The zero-order valence-corrected chi connectivity index (χ0v) is 11.4. The molecule has 5 heteroatoms.